The number of carbonyl (C=O) groups excluding carboxylic acids is 2. The molecule has 1 aliphatic heterocycles. The molecule has 4 rings (SSSR count). The smallest absolute Gasteiger partial charge is 0.311 e. The third-order valence-corrected chi connectivity index (χ3v) is 5.00. The van der Waals surface area contributed by atoms with Gasteiger partial charge in [0.1, 0.15) is 6.17 Å². The number of H-pyrrole nitrogens is 2. The minimum atomic E-state index is -1.68. The van der Waals surface area contributed by atoms with Crippen LogP contribution in [0.1, 0.15) is 33.3 Å². The summed E-state index contributed by atoms with van der Waals surface area (Å²) in [6, 6.07) is 6.00. The van der Waals surface area contributed by atoms with E-state index in [4.69, 9.17) is 0 Å². The van der Waals surface area contributed by atoms with Gasteiger partial charge < -0.3 is 4.98 Å². The minimum Gasteiger partial charge on any atom is -0.311 e. The van der Waals surface area contributed by atoms with Crippen LogP contribution in [-0.2, 0) is 0 Å². The molecule has 0 saturated heterocycles. The van der Waals surface area contributed by atoms with Crippen molar-refractivity contribution in [3.63, 3.8) is 0 Å². The van der Waals surface area contributed by atoms with Gasteiger partial charge in [0.25, 0.3) is 22.9 Å². The van der Waals surface area contributed by atoms with Crippen LogP contribution in [0.3, 0.4) is 0 Å². The van der Waals surface area contributed by atoms with Gasteiger partial charge >= 0.3 is 11.4 Å². The second-order valence-electron chi connectivity index (χ2n) is 6.84. The highest BCUT2D eigenvalue weighted by Gasteiger charge is 2.36. The van der Waals surface area contributed by atoms with Crippen LogP contribution in [0, 0.1) is 11.6 Å². The summed E-state index contributed by atoms with van der Waals surface area (Å²) in [7, 11) is 0. The Morgan fingerprint density at radius 3 is 2.12 bits per heavy atom. The molecule has 1 aliphatic rings. The molecule has 0 fully saturated rings. The summed E-state index contributed by atoms with van der Waals surface area (Å²) in [5.41, 5.74) is -4.82. The van der Waals surface area contributed by atoms with E-state index in [1.165, 1.54) is 12.1 Å². The Hall–Kier alpha value is -4.42. The maximum absolute atomic E-state index is 13.9. The molecule has 2 N–H and O–H groups in total. The zero-order valence-corrected chi connectivity index (χ0v) is 16.0. The number of benzene rings is 1. The van der Waals surface area contributed by atoms with E-state index in [1.807, 2.05) is 4.98 Å². The van der Waals surface area contributed by atoms with Crippen LogP contribution in [0.2, 0.25) is 0 Å². The van der Waals surface area contributed by atoms with Gasteiger partial charge in [-0.1, -0.05) is 12.1 Å². The van der Waals surface area contributed by atoms with Gasteiger partial charge in [-0.2, -0.15) is 8.78 Å². The van der Waals surface area contributed by atoms with Gasteiger partial charge in [0.05, 0.1) is 17.3 Å². The summed E-state index contributed by atoms with van der Waals surface area (Å²) in [5, 5.41) is 0. The normalized spacial score (nSPS) is 14.0. The van der Waals surface area contributed by atoms with Crippen molar-refractivity contribution < 1.29 is 18.4 Å². The molecular formula is C19H13F2N5O6. The lowest BCUT2D eigenvalue weighted by atomic mass is 10.1. The van der Waals surface area contributed by atoms with Crippen LogP contribution in [-0.4, -0.2) is 42.4 Å². The molecular weight excluding hydrogens is 432 g/mol. The minimum absolute atomic E-state index is 0.141. The first kappa shape index (κ1) is 20.8. The Labute approximate surface area is 175 Å². The predicted molar refractivity (Wildman–Crippen MR) is 103 cm³/mol. The van der Waals surface area contributed by atoms with Gasteiger partial charge in [0, 0.05) is 19.2 Å². The topological polar surface area (TPSA) is 147 Å². The van der Waals surface area contributed by atoms with Crippen molar-refractivity contribution in [2.24, 2.45) is 0 Å². The van der Waals surface area contributed by atoms with Crippen LogP contribution in [0.25, 0.3) is 0 Å². The monoisotopic (exact) mass is 445 g/mol. The average Bonchev–Trinajstić information content (AvgIpc) is 3.01. The first-order valence-corrected chi connectivity index (χ1v) is 9.16. The molecule has 1 aromatic carbocycles. The number of carbonyl (C=O) groups is 2. The molecule has 32 heavy (non-hydrogen) atoms. The average molecular weight is 445 g/mol. The molecule has 0 aliphatic carbocycles. The Bertz CT molecular complexity index is 1470. The lowest BCUT2D eigenvalue weighted by Gasteiger charge is -2.23. The number of halogens is 2. The number of imide groups is 1. The fourth-order valence-electron chi connectivity index (χ4n) is 3.50. The number of nitrogens with one attached hydrogen (secondary N) is 2. The lowest BCUT2D eigenvalue weighted by molar-refractivity contribution is 0.0642. The van der Waals surface area contributed by atoms with Crippen molar-refractivity contribution in [1.82, 2.24) is 24.0 Å². The van der Waals surface area contributed by atoms with Gasteiger partial charge in [0.15, 0.2) is 0 Å². The molecule has 0 radical (unpaired) electrons. The highest BCUT2D eigenvalue weighted by molar-refractivity contribution is 6.21. The van der Waals surface area contributed by atoms with Crippen molar-refractivity contribution in [1.29, 1.82) is 0 Å². The molecule has 1 atom stereocenters. The van der Waals surface area contributed by atoms with Crippen molar-refractivity contribution in [3.05, 3.63) is 101 Å². The zero-order valence-electron chi connectivity index (χ0n) is 16.0. The molecule has 11 nitrogen and oxygen atoms in total. The number of hydrogen-bond donors (Lipinski definition) is 2. The fourth-order valence-corrected chi connectivity index (χ4v) is 3.50. The van der Waals surface area contributed by atoms with E-state index in [-0.39, 0.29) is 11.1 Å². The van der Waals surface area contributed by atoms with Crippen molar-refractivity contribution in [3.8, 4) is 0 Å². The van der Waals surface area contributed by atoms with Gasteiger partial charge in [-0.3, -0.25) is 33.6 Å². The second-order valence-corrected chi connectivity index (χ2v) is 6.84. The maximum atomic E-state index is 13.9. The van der Waals surface area contributed by atoms with E-state index in [2.05, 4.69) is 0 Å². The molecule has 0 saturated carbocycles. The second kappa shape index (κ2) is 7.68. The van der Waals surface area contributed by atoms with Crippen molar-refractivity contribution in [2.45, 2.75) is 12.6 Å². The lowest BCUT2D eigenvalue weighted by Crippen LogP contribution is -2.47. The van der Waals surface area contributed by atoms with Crippen LogP contribution in [0.5, 0.6) is 0 Å². The first-order valence-electron chi connectivity index (χ1n) is 9.16. The molecule has 2 aromatic heterocycles. The SMILES string of the molecule is O=C1c2ccccc2C(=O)N1CCC(n1cc(F)c(=O)[nH]c1=O)n1c(=O)[nH]cc(F)c1=O. The number of rotatable bonds is 5. The fraction of sp³-hybridized carbons (Fsp3) is 0.158. The highest BCUT2D eigenvalue weighted by atomic mass is 19.1. The summed E-state index contributed by atoms with van der Waals surface area (Å²) in [6.07, 6.45) is -1.17. The van der Waals surface area contributed by atoms with E-state index >= 15 is 0 Å². The molecule has 164 valence electrons. The number of fused-ring (bicyclic) bond motifs is 1. The predicted octanol–water partition coefficient (Wildman–Crippen LogP) is -0.602. The third kappa shape index (κ3) is 3.29. The summed E-state index contributed by atoms with van der Waals surface area (Å²) in [5.74, 6) is -4.07. The Balaban J connectivity index is 1.79. The Morgan fingerprint density at radius 1 is 0.875 bits per heavy atom. The number of hydrogen-bond acceptors (Lipinski definition) is 6. The van der Waals surface area contributed by atoms with Gasteiger partial charge in [0.2, 0.25) is 11.6 Å². The van der Waals surface area contributed by atoms with Gasteiger partial charge in [-0.15, -0.1) is 0 Å². The van der Waals surface area contributed by atoms with Crippen molar-refractivity contribution in [2.75, 3.05) is 6.54 Å². The number of nitrogens with zero attached hydrogens (tertiary/aromatic N) is 3. The molecule has 13 heteroatoms. The van der Waals surface area contributed by atoms with E-state index in [1.54, 1.807) is 17.1 Å². The van der Waals surface area contributed by atoms with Crippen molar-refractivity contribution >= 4 is 11.8 Å². The first-order chi connectivity index (χ1) is 15.2. The largest absolute Gasteiger partial charge is 0.330 e. The molecule has 0 bridgehead atoms. The standard InChI is InChI=1S/C19H13F2N5O6/c20-11-7-22-18(31)26(17(11)30)13(25-8-12(21)14(27)23-19(25)32)5-6-24-15(28)9-3-1-2-4-10(9)16(24)29/h1-4,7-8,13H,5-6H2,(H,22,31)(H,23,27,32). The Morgan fingerprint density at radius 2 is 1.50 bits per heavy atom. The van der Waals surface area contributed by atoms with E-state index in [0.29, 0.717) is 21.5 Å². The van der Waals surface area contributed by atoms with Crippen LogP contribution in [0.4, 0.5) is 8.78 Å². The highest BCUT2D eigenvalue weighted by Crippen LogP contribution is 2.23. The van der Waals surface area contributed by atoms with E-state index < -0.39 is 65.1 Å². The number of aromatic amines is 2. The quantitative estimate of drug-likeness (QED) is 0.501. The molecule has 0 spiro atoms. The van der Waals surface area contributed by atoms with Crippen LogP contribution >= 0.6 is 0 Å². The van der Waals surface area contributed by atoms with E-state index in [0.717, 1.165) is 4.90 Å². The van der Waals surface area contributed by atoms with Gasteiger partial charge in [-0.05, 0) is 12.1 Å². The third-order valence-electron chi connectivity index (χ3n) is 5.00. The summed E-state index contributed by atoms with van der Waals surface area (Å²) < 4.78 is 28.6. The maximum Gasteiger partial charge on any atom is 0.330 e. The number of aromatic nitrogens is 4. The summed E-state index contributed by atoms with van der Waals surface area (Å²) in [4.78, 5) is 77.9. The molecule has 3 heterocycles. The molecule has 1 unspecified atom stereocenters. The van der Waals surface area contributed by atoms with Crippen LogP contribution in [0.15, 0.2) is 55.8 Å². The molecule has 3 aromatic rings. The zero-order chi connectivity index (χ0) is 23.2. The summed E-state index contributed by atoms with van der Waals surface area (Å²) >= 11 is 0. The summed E-state index contributed by atoms with van der Waals surface area (Å²) in [6.45, 7) is -0.410. The van der Waals surface area contributed by atoms with Gasteiger partial charge in [-0.25, -0.2) is 14.2 Å². The molecule has 2 amide bonds. The number of amides is 2. The van der Waals surface area contributed by atoms with E-state index in [9.17, 15) is 37.5 Å². The van der Waals surface area contributed by atoms with Crippen LogP contribution < -0.4 is 22.5 Å². The Kier molecular flexibility index (Phi) is 5.00.